The summed E-state index contributed by atoms with van der Waals surface area (Å²) in [6, 6.07) is -0.0239. The fraction of sp³-hybridized carbons (Fsp3) is 0.611. The molecule has 0 spiro atoms. The van der Waals surface area contributed by atoms with Gasteiger partial charge < -0.3 is 19.8 Å². The van der Waals surface area contributed by atoms with Gasteiger partial charge in [0.15, 0.2) is 0 Å². The molecule has 0 aliphatic carbocycles. The van der Waals surface area contributed by atoms with E-state index in [1.807, 2.05) is 4.90 Å². The van der Waals surface area contributed by atoms with E-state index in [0.717, 1.165) is 30.5 Å². The van der Waals surface area contributed by atoms with E-state index in [9.17, 15) is 14.7 Å². The van der Waals surface area contributed by atoms with Gasteiger partial charge in [-0.05, 0) is 36.3 Å². The molecule has 0 radical (unpaired) electrons. The van der Waals surface area contributed by atoms with Crippen molar-refractivity contribution in [1.29, 1.82) is 0 Å². The van der Waals surface area contributed by atoms with Crippen molar-refractivity contribution in [3.63, 3.8) is 0 Å². The Balaban J connectivity index is 1.80. The molecule has 1 unspecified atom stereocenters. The number of amides is 3. The van der Waals surface area contributed by atoms with Crippen LogP contribution in [0.1, 0.15) is 34.3 Å². The zero-order valence-electron chi connectivity index (χ0n) is 14.9. The molecule has 25 heavy (non-hydrogen) atoms. The van der Waals surface area contributed by atoms with Crippen LogP contribution < -0.4 is 0 Å². The zero-order chi connectivity index (χ0) is 18.0. The van der Waals surface area contributed by atoms with Gasteiger partial charge in [-0.1, -0.05) is 0 Å². The summed E-state index contributed by atoms with van der Waals surface area (Å²) < 4.78 is 0. The second-order valence-electron chi connectivity index (χ2n) is 7.12. The average Bonchev–Trinajstić information content (AvgIpc) is 2.65. The number of piperidine rings is 1. The van der Waals surface area contributed by atoms with Crippen molar-refractivity contribution in [2.24, 2.45) is 5.92 Å². The Bertz CT molecular complexity index is 662. The third-order valence-corrected chi connectivity index (χ3v) is 5.09. The first kappa shape index (κ1) is 17.7. The molecular weight excluding hydrogens is 320 g/mol. The number of hydrogen-bond acceptors (Lipinski definition) is 4. The SMILES string of the molecule is CN(C)C(=O)N1CCc2c(cncc2C(=O)N2CCCC(CO)C2)C1. The van der Waals surface area contributed by atoms with Crippen LogP contribution in [0.15, 0.2) is 12.4 Å². The normalized spacial score (nSPS) is 20.2. The number of carbonyl (C=O) groups is 2. The molecule has 7 nitrogen and oxygen atoms in total. The Kier molecular flexibility index (Phi) is 5.22. The van der Waals surface area contributed by atoms with Gasteiger partial charge in [-0.3, -0.25) is 9.78 Å². The minimum absolute atomic E-state index is 0.00474. The summed E-state index contributed by atoms with van der Waals surface area (Å²) in [5.74, 6) is 0.160. The quantitative estimate of drug-likeness (QED) is 0.865. The average molecular weight is 346 g/mol. The van der Waals surface area contributed by atoms with E-state index >= 15 is 0 Å². The van der Waals surface area contributed by atoms with E-state index in [1.165, 1.54) is 0 Å². The van der Waals surface area contributed by atoms with Crippen LogP contribution in [0.3, 0.4) is 0 Å². The summed E-state index contributed by atoms with van der Waals surface area (Å²) in [7, 11) is 3.48. The van der Waals surface area contributed by atoms with E-state index < -0.39 is 0 Å². The van der Waals surface area contributed by atoms with Gasteiger partial charge in [-0.25, -0.2) is 4.79 Å². The van der Waals surface area contributed by atoms with Gasteiger partial charge in [0.2, 0.25) is 0 Å². The largest absolute Gasteiger partial charge is 0.396 e. The Hall–Kier alpha value is -2.15. The van der Waals surface area contributed by atoms with Crippen LogP contribution in [0.4, 0.5) is 4.79 Å². The Labute approximate surface area is 148 Å². The summed E-state index contributed by atoms with van der Waals surface area (Å²) in [6.45, 7) is 2.54. The van der Waals surface area contributed by atoms with Crippen LogP contribution in [0.25, 0.3) is 0 Å². The summed E-state index contributed by atoms with van der Waals surface area (Å²) >= 11 is 0. The van der Waals surface area contributed by atoms with Gasteiger partial charge in [0.25, 0.3) is 5.91 Å². The number of aliphatic hydroxyl groups excluding tert-OH is 1. The van der Waals surface area contributed by atoms with Gasteiger partial charge in [0.1, 0.15) is 0 Å². The lowest BCUT2D eigenvalue weighted by Gasteiger charge is -2.34. The lowest BCUT2D eigenvalue weighted by molar-refractivity contribution is 0.0618. The molecule has 7 heteroatoms. The van der Waals surface area contributed by atoms with Crippen LogP contribution in [0.2, 0.25) is 0 Å². The predicted molar refractivity (Wildman–Crippen MR) is 93.1 cm³/mol. The van der Waals surface area contributed by atoms with Gasteiger partial charge in [0, 0.05) is 59.3 Å². The zero-order valence-corrected chi connectivity index (χ0v) is 14.9. The molecule has 0 aromatic carbocycles. The van der Waals surface area contributed by atoms with E-state index in [2.05, 4.69) is 4.98 Å². The first-order valence-corrected chi connectivity index (χ1v) is 8.83. The van der Waals surface area contributed by atoms with Gasteiger partial charge in [-0.15, -0.1) is 0 Å². The number of aliphatic hydroxyl groups is 1. The topological polar surface area (TPSA) is 77.0 Å². The van der Waals surface area contributed by atoms with E-state index in [1.54, 1.807) is 36.3 Å². The molecule has 0 bridgehead atoms. The Morgan fingerprint density at radius 1 is 1.28 bits per heavy atom. The summed E-state index contributed by atoms with van der Waals surface area (Å²) in [5, 5.41) is 9.39. The minimum atomic E-state index is -0.0239. The number of urea groups is 1. The van der Waals surface area contributed by atoms with Crippen molar-refractivity contribution in [2.45, 2.75) is 25.8 Å². The second-order valence-corrected chi connectivity index (χ2v) is 7.12. The number of aromatic nitrogens is 1. The maximum atomic E-state index is 13.0. The van der Waals surface area contributed by atoms with E-state index in [0.29, 0.717) is 31.6 Å². The molecular formula is C18H26N4O3. The molecule has 1 fully saturated rings. The molecule has 1 atom stereocenters. The lowest BCUT2D eigenvalue weighted by atomic mass is 9.94. The standard InChI is InChI=1S/C18H26N4O3/c1-20(2)18(25)22-7-5-15-14(11-22)8-19-9-16(15)17(24)21-6-3-4-13(10-21)12-23/h8-9,13,23H,3-7,10-12H2,1-2H3. The fourth-order valence-electron chi connectivity index (χ4n) is 3.69. The van der Waals surface area contributed by atoms with E-state index in [4.69, 9.17) is 0 Å². The van der Waals surface area contributed by atoms with E-state index in [-0.39, 0.29) is 24.5 Å². The highest BCUT2D eigenvalue weighted by Crippen LogP contribution is 2.25. The van der Waals surface area contributed by atoms with Crippen LogP contribution in [-0.2, 0) is 13.0 Å². The van der Waals surface area contributed by atoms with Crippen molar-refractivity contribution >= 4 is 11.9 Å². The molecule has 2 aliphatic heterocycles. The van der Waals surface area contributed by atoms with Gasteiger partial charge >= 0.3 is 6.03 Å². The van der Waals surface area contributed by atoms with Crippen LogP contribution in [0, 0.1) is 5.92 Å². The smallest absolute Gasteiger partial charge is 0.319 e. The molecule has 0 saturated carbocycles. The molecule has 1 saturated heterocycles. The van der Waals surface area contributed by atoms with Crippen LogP contribution in [0.5, 0.6) is 0 Å². The van der Waals surface area contributed by atoms with Crippen LogP contribution in [-0.4, -0.2) is 77.1 Å². The van der Waals surface area contributed by atoms with Gasteiger partial charge in [0.05, 0.1) is 5.56 Å². The first-order chi connectivity index (χ1) is 12.0. The molecule has 136 valence electrons. The van der Waals surface area contributed by atoms with Crippen molar-refractivity contribution in [3.8, 4) is 0 Å². The Morgan fingerprint density at radius 2 is 2.08 bits per heavy atom. The number of nitrogens with zero attached hydrogens (tertiary/aromatic N) is 4. The number of likely N-dealkylation sites (tertiary alicyclic amines) is 1. The maximum Gasteiger partial charge on any atom is 0.319 e. The molecule has 1 N–H and O–H groups in total. The van der Waals surface area contributed by atoms with Crippen molar-refractivity contribution in [1.82, 2.24) is 19.7 Å². The maximum absolute atomic E-state index is 13.0. The second kappa shape index (κ2) is 7.39. The summed E-state index contributed by atoms with van der Waals surface area (Å²) in [4.78, 5) is 34.6. The first-order valence-electron chi connectivity index (χ1n) is 8.83. The summed E-state index contributed by atoms with van der Waals surface area (Å²) in [5.41, 5.74) is 2.60. The fourth-order valence-corrected chi connectivity index (χ4v) is 3.69. The monoisotopic (exact) mass is 346 g/mol. The van der Waals surface area contributed by atoms with Crippen LogP contribution >= 0.6 is 0 Å². The predicted octanol–water partition coefficient (Wildman–Crippen LogP) is 0.966. The van der Waals surface area contributed by atoms with Gasteiger partial charge in [-0.2, -0.15) is 0 Å². The highest BCUT2D eigenvalue weighted by atomic mass is 16.3. The molecule has 1 aromatic heterocycles. The molecule has 2 aliphatic rings. The van der Waals surface area contributed by atoms with Crippen molar-refractivity contribution in [2.75, 3.05) is 40.3 Å². The highest BCUT2D eigenvalue weighted by molar-refractivity contribution is 5.96. The minimum Gasteiger partial charge on any atom is -0.396 e. The van der Waals surface area contributed by atoms with Crippen molar-refractivity contribution in [3.05, 3.63) is 29.1 Å². The molecule has 3 rings (SSSR count). The number of rotatable bonds is 2. The van der Waals surface area contributed by atoms with Crippen molar-refractivity contribution < 1.29 is 14.7 Å². The number of fused-ring (bicyclic) bond motifs is 1. The number of pyridine rings is 1. The molecule has 3 amide bonds. The molecule has 3 heterocycles. The number of hydrogen-bond donors (Lipinski definition) is 1. The Morgan fingerprint density at radius 3 is 2.80 bits per heavy atom. The number of carbonyl (C=O) groups excluding carboxylic acids is 2. The lowest BCUT2D eigenvalue weighted by Crippen LogP contribution is -2.44. The molecule has 1 aromatic rings. The highest BCUT2D eigenvalue weighted by Gasteiger charge is 2.29. The summed E-state index contributed by atoms with van der Waals surface area (Å²) in [6.07, 6.45) is 5.95. The third-order valence-electron chi connectivity index (χ3n) is 5.09. The third kappa shape index (κ3) is 3.61.